The first kappa shape index (κ1) is 27.3. The van der Waals surface area contributed by atoms with Crippen molar-refractivity contribution < 1.29 is 18.8 Å². The summed E-state index contributed by atoms with van der Waals surface area (Å²) < 4.78 is 13.3. The summed E-state index contributed by atoms with van der Waals surface area (Å²) in [5.74, 6) is -1.12. The Morgan fingerprint density at radius 1 is 1.05 bits per heavy atom. The summed E-state index contributed by atoms with van der Waals surface area (Å²) >= 11 is 6.59. The fourth-order valence-corrected chi connectivity index (χ4v) is 6.18. The molecular formula is C30H34ClFN4O3. The van der Waals surface area contributed by atoms with Crippen LogP contribution < -0.4 is 0 Å². The average Bonchev–Trinajstić information content (AvgIpc) is 3.23. The minimum absolute atomic E-state index is 0.00339. The van der Waals surface area contributed by atoms with Crippen molar-refractivity contribution in [1.82, 2.24) is 19.7 Å². The molecule has 39 heavy (non-hydrogen) atoms. The fraction of sp³-hybridized carbons (Fsp3) is 0.433. The molecule has 0 bridgehead atoms. The number of piperazine rings is 1. The Labute approximate surface area is 232 Å². The topological polar surface area (TPSA) is 76.7 Å². The van der Waals surface area contributed by atoms with Gasteiger partial charge in [0.1, 0.15) is 5.82 Å². The molecule has 0 spiro atoms. The SMILES string of the molecule is Cc1[nH]c2cc(Cl)c(C(=O)N3CCC(Cc4ccc(F)cc4)CC3C)cc2c1C(=O)C(=O)N1CCN(C)CC1. The maximum absolute atomic E-state index is 13.7. The number of nitrogens with one attached hydrogen (secondary N) is 1. The van der Waals surface area contributed by atoms with Crippen molar-refractivity contribution in [2.75, 3.05) is 39.8 Å². The third-order valence-electron chi connectivity index (χ3n) is 8.20. The van der Waals surface area contributed by atoms with Crippen LogP contribution in [0.5, 0.6) is 0 Å². The predicted octanol–water partition coefficient (Wildman–Crippen LogP) is 4.71. The molecule has 2 amide bonds. The standard InChI is InChI=1S/C30H34ClFN4O3/c1-18-14-21(15-20-4-6-22(32)7-5-20)8-9-36(18)29(38)23-16-24-26(17-25(23)31)33-19(2)27(24)28(37)30(39)35-12-10-34(3)11-13-35/h4-7,16-18,21,33H,8-15H2,1-3H3. The summed E-state index contributed by atoms with van der Waals surface area (Å²) in [7, 11) is 1.99. The highest BCUT2D eigenvalue weighted by Gasteiger charge is 2.33. The van der Waals surface area contributed by atoms with Crippen molar-refractivity contribution in [1.29, 1.82) is 0 Å². The van der Waals surface area contributed by atoms with Crippen molar-refractivity contribution >= 4 is 40.1 Å². The van der Waals surface area contributed by atoms with Crippen LogP contribution in [0.3, 0.4) is 0 Å². The largest absolute Gasteiger partial charge is 0.358 e. The maximum Gasteiger partial charge on any atom is 0.295 e. The molecule has 2 aliphatic rings. The molecule has 0 aliphatic carbocycles. The van der Waals surface area contributed by atoms with Crippen LogP contribution in [0.1, 0.15) is 51.7 Å². The summed E-state index contributed by atoms with van der Waals surface area (Å²) in [5.41, 5.74) is 2.91. The predicted molar refractivity (Wildman–Crippen MR) is 150 cm³/mol. The number of ketones is 1. The molecule has 0 radical (unpaired) electrons. The van der Waals surface area contributed by atoms with E-state index < -0.39 is 11.7 Å². The number of piperidine rings is 1. The third-order valence-corrected chi connectivity index (χ3v) is 8.51. The van der Waals surface area contributed by atoms with Crippen LogP contribution in [0.15, 0.2) is 36.4 Å². The van der Waals surface area contributed by atoms with E-state index in [1.54, 1.807) is 24.0 Å². The number of likely N-dealkylation sites (tertiary alicyclic amines) is 1. The summed E-state index contributed by atoms with van der Waals surface area (Å²) in [6.45, 7) is 6.83. The molecule has 2 saturated heterocycles. The Morgan fingerprint density at radius 2 is 1.74 bits per heavy atom. The number of aromatic nitrogens is 1. The number of benzene rings is 2. The lowest BCUT2D eigenvalue weighted by atomic mass is 9.86. The Bertz CT molecular complexity index is 1410. The van der Waals surface area contributed by atoms with Gasteiger partial charge in [0.05, 0.1) is 16.1 Å². The molecular weight excluding hydrogens is 519 g/mol. The number of nitrogens with zero attached hydrogens (tertiary/aromatic N) is 3. The van der Waals surface area contributed by atoms with Crippen LogP contribution in [0.25, 0.3) is 10.9 Å². The van der Waals surface area contributed by atoms with E-state index in [-0.39, 0.29) is 17.8 Å². The number of hydrogen-bond acceptors (Lipinski definition) is 4. The fourth-order valence-electron chi connectivity index (χ4n) is 5.93. The van der Waals surface area contributed by atoms with Gasteiger partial charge in [-0.3, -0.25) is 14.4 Å². The minimum atomic E-state index is -0.570. The molecule has 9 heteroatoms. The van der Waals surface area contributed by atoms with E-state index in [0.29, 0.717) is 58.3 Å². The number of carbonyl (C=O) groups is 3. The molecule has 5 rings (SSSR count). The number of aryl methyl sites for hydroxylation is 1. The molecule has 3 heterocycles. The smallest absolute Gasteiger partial charge is 0.295 e. The van der Waals surface area contributed by atoms with Gasteiger partial charge in [-0.1, -0.05) is 23.7 Å². The highest BCUT2D eigenvalue weighted by molar-refractivity contribution is 6.45. The van der Waals surface area contributed by atoms with Crippen LogP contribution >= 0.6 is 11.6 Å². The van der Waals surface area contributed by atoms with Gasteiger partial charge in [0.2, 0.25) is 0 Å². The van der Waals surface area contributed by atoms with Gasteiger partial charge >= 0.3 is 0 Å². The van der Waals surface area contributed by atoms with Crippen LogP contribution in [-0.4, -0.2) is 83.1 Å². The van der Waals surface area contributed by atoms with Gasteiger partial charge in [0.15, 0.2) is 0 Å². The van der Waals surface area contributed by atoms with Crippen LogP contribution in [0, 0.1) is 18.7 Å². The van der Waals surface area contributed by atoms with E-state index in [9.17, 15) is 18.8 Å². The Balaban J connectivity index is 1.35. The van der Waals surface area contributed by atoms with Crippen molar-refractivity contribution in [2.24, 2.45) is 5.92 Å². The number of aromatic amines is 1. The summed E-state index contributed by atoms with van der Waals surface area (Å²) in [6, 6.07) is 9.92. The second-order valence-electron chi connectivity index (χ2n) is 11.0. The summed E-state index contributed by atoms with van der Waals surface area (Å²) in [6.07, 6.45) is 2.50. The molecule has 2 atom stereocenters. The summed E-state index contributed by atoms with van der Waals surface area (Å²) in [4.78, 5) is 48.9. The first-order valence-corrected chi connectivity index (χ1v) is 13.9. The number of hydrogen-bond donors (Lipinski definition) is 1. The molecule has 1 N–H and O–H groups in total. The van der Waals surface area contributed by atoms with Crippen molar-refractivity contribution in [3.8, 4) is 0 Å². The normalized spacial score (nSPS) is 20.4. The molecule has 2 unspecified atom stereocenters. The number of amides is 2. The molecule has 2 aromatic carbocycles. The zero-order valence-corrected chi connectivity index (χ0v) is 23.4. The lowest BCUT2D eigenvalue weighted by Gasteiger charge is -2.38. The average molecular weight is 553 g/mol. The van der Waals surface area contributed by atoms with Gasteiger partial charge in [-0.2, -0.15) is 0 Å². The lowest BCUT2D eigenvalue weighted by molar-refractivity contribution is -0.127. The monoisotopic (exact) mass is 552 g/mol. The van der Waals surface area contributed by atoms with Gasteiger partial charge in [-0.15, -0.1) is 0 Å². The number of Topliss-reactive ketones (excluding diaryl/α,β-unsaturated/α-hetero) is 1. The van der Waals surface area contributed by atoms with Gasteiger partial charge in [0.25, 0.3) is 17.6 Å². The zero-order chi connectivity index (χ0) is 27.8. The highest BCUT2D eigenvalue weighted by atomic mass is 35.5. The molecule has 206 valence electrons. The van der Waals surface area contributed by atoms with E-state index in [1.165, 1.54) is 12.1 Å². The third kappa shape index (κ3) is 5.58. The van der Waals surface area contributed by atoms with E-state index in [4.69, 9.17) is 11.6 Å². The maximum atomic E-state index is 13.7. The van der Waals surface area contributed by atoms with Crippen LogP contribution in [-0.2, 0) is 11.2 Å². The van der Waals surface area contributed by atoms with E-state index in [2.05, 4.69) is 9.88 Å². The van der Waals surface area contributed by atoms with E-state index in [1.807, 2.05) is 31.0 Å². The Hall–Kier alpha value is -3.23. The van der Waals surface area contributed by atoms with Crippen LogP contribution in [0.2, 0.25) is 5.02 Å². The first-order chi connectivity index (χ1) is 18.6. The minimum Gasteiger partial charge on any atom is -0.358 e. The van der Waals surface area contributed by atoms with E-state index >= 15 is 0 Å². The van der Waals surface area contributed by atoms with Gasteiger partial charge in [0, 0.05) is 55.4 Å². The quantitative estimate of drug-likeness (QED) is 0.367. The Morgan fingerprint density at radius 3 is 2.41 bits per heavy atom. The number of likely N-dealkylation sites (N-methyl/N-ethyl adjacent to an activating group) is 1. The number of halogens is 2. The lowest BCUT2D eigenvalue weighted by Crippen LogP contribution is -2.49. The molecule has 2 aliphatic heterocycles. The highest BCUT2D eigenvalue weighted by Crippen LogP contribution is 2.33. The van der Waals surface area contributed by atoms with Crippen molar-refractivity contribution in [3.63, 3.8) is 0 Å². The number of carbonyl (C=O) groups excluding carboxylic acids is 3. The number of fused-ring (bicyclic) bond motifs is 1. The number of H-pyrrole nitrogens is 1. The summed E-state index contributed by atoms with van der Waals surface area (Å²) in [5, 5.41) is 0.838. The van der Waals surface area contributed by atoms with Gasteiger partial charge in [-0.25, -0.2) is 4.39 Å². The zero-order valence-electron chi connectivity index (χ0n) is 22.6. The molecule has 2 fully saturated rings. The first-order valence-electron chi connectivity index (χ1n) is 13.5. The molecule has 0 saturated carbocycles. The van der Waals surface area contributed by atoms with Crippen molar-refractivity contribution in [3.05, 3.63) is 69.6 Å². The van der Waals surface area contributed by atoms with Crippen LogP contribution in [0.4, 0.5) is 4.39 Å². The number of rotatable bonds is 5. The second-order valence-corrected chi connectivity index (χ2v) is 11.4. The van der Waals surface area contributed by atoms with Crippen molar-refractivity contribution in [2.45, 2.75) is 39.2 Å². The molecule has 1 aromatic heterocycles. The Kier molecular flexibility index (Phi) is 7.78. The second kappa shape index (κ2) is 11.1. The van der Waals surface area contributed by atoms with Gasteiger partial charge < -0.3 is 19.7 Å². The molecule has 7 nitrogen and oxygen atoms in total. The molecule has 3 aromatic rings. The van der Waals surface area contributed by atoms with E-state index in [0.717, 1.165) is 37.9 Å². The van der Waals surface area contributed by atoms with Gasteiger partial charge in [-0.05, 0) is 75.9 Å².